The van der Waals surface area contributed by atoms with Crippen molar-refractivity contribution in [1.82, 2.24) is 4.57 Å². The van der Waals surface area contributed by atoms with Crippen molar-refractivity contribution in [3.05, 3.63) is 33.1 Å². The maximum Gasteiger partial charge on any atom is 0.423 e. The molecule has 0 spiro atoms. The normalized spacial score (nSPS) is 12.3. The van der Waals surface area contributed by atoms with Crippen LogP contribution in [0.25, 0.3) is 10.9 Å². The lowest BCUT2D eigenvalue weighted by Gasteiger charge is -2.05. The minimum absolute atomic E-state index is 0.0932. The summed E-state index contributed by atoms with van der Waals surface area (Å²) >= 11 is 0. The summed E-state index contributed by atoms with van der Waals surface area (Å²) in [6.45, 7) is 1.91. The highest BCUT2D eigenvalue weighted by Crippen LogP contribution is 2.34. The topological polar surface area (TPSA) is 70.7 Å². The molecule has 0 atom stereocenters. The molecule has 96 valence electrons. The van der Waals surface area contributed by atoms with E-state index in [-0.39, 0.29) is 18.7 Å². The maximum atomic E-state index is 11.7. The summed E-state index contributed by atoms with van der Waals surface area (Å²) in [5.74, 6) is 5.68. The molecule has 1 aliphatic rings. The third kappa shape index (κ3) is 1.76. The van der Waals surface area contributed by atoms with Crippen LogP contribution in [0, 0.1) is 11.8 Å². The highest BCUT2D eigenvalue weighted by atomic mass is 16.7. The first-order valence-electron chi connectivity index (χ1n) is 5.57. The van der Waals surface area contributed by atoms with Gasteiger partial charge in [-0.3, -0.25) is 4.57 Å². The van der Waals surface area contributed by atoms with E-state index in [1.54, 1.807) is 13.0 Å². The third-order valence-electron chi connectivity index (χ3n) is 2.82. The summed E-state index contributed by atoms with van der Waals surface area (Å²) in [5, 5.41) is 0.266. The molecule has 0 bridgehead atoms. The summed E-state index contributed by atoms with van der Waals surface area (Å²) in [5.41, 5.74) is -0.271. The molecule has 1 aliphatic heterocycles. The van der Waals surface area contributed by atoms with Crippen molar-refractivity contribution < 1.29 is 13.9 Å². The lowest BCUT2D eigenvalue weighted by molar-refractivity contribution is 0.174. The molecule has 1 aromatic carbocycles. The van der Waals surface area contributed by atoms with E-state index in [4.69, 9.17) is 9.47 Å². The highest BCUT2D eigenvalue weighted by Gasteiger charge is 2.18. The van der Waals surface area contributed by atoms with E-state index >= 15 is 0 Å². The SMILES string of the molecule is CC#CCn1c(=O)oc(=O)c2cc3c(cc21)OCO3. The average molecular weight is 259 g/mol. The van der Waals surface area contributed by atoms with Gasteiger partial charge in [0.15, 0.2) is 11.5 Å². The van der Waals surface area contributed by atoms with Crippen LogP contribution in [0.5, 0.6) is 11.5 Å². The first kappa shape index (κ1) is 11.4. The molecular weight excluding hydrogens is 250 g/mol. The summed E-state index contributed by atoms with van der Waals surface area (Å²) in [6.07, 6.45) is 0. The van der Waals surface area contributed by atoms with Gasteiger partial charge in [-0.2, -0.15) is 0 Å². The monoisotopic (exact) mass is 259 g/mol. The lowest BCUT2D eigenvalue weighted by Crippen LogP contribution is -2.24. The number of ether oxygens (including phenoxy) is 2. The third-order valence-corrected chi connectivity index (χ3v) is 2.82. The fourth-order valence-corrected chi connectivity index (χ4v) is 1.91. The molecular formula is C13H9NO5. The van der Waals surface area contributed by atoms with Gasteiger partial charge in [0, 0.05) is 12.1 Å². The zero-order chi connectivity index (χ0) is 13.4. The van der Waals surface area contributed by atoms with Gasteiger partial charge >= 0.3 is 11.4 Å². The Morgan fingerprint density at radius 2 is 2.00 bits per heavy atom. The van der Waals surface area contributed by atoms with E-state index in [1.165, 1.54) is 10.6 Å². The Hall–Kier alpha value is -2.68. The van der Waals surface area contributed by atoms with Crippen LogP contribution in [0.2, 0.25) is 0 Å². The Labute approximate surface area is 107 Å². The number of nitrogens with zero attached hydrogens (tertiary/aromatic N) is 1. The molecule has 6 heteroatoms. The van der Waals surface area contributed by atoms with E-state index in [1.807, 2.05) is 0 Å². The number of rotatable bonds is 1. The van der Waals surface area contributed by atoms with Crippen molar-refractivity contribution in [3.63, 3.8) is 0 Å². The van der Waals surface area contributed by atoms with Gasteiger partial charge in [-0.05, 0) is 6.92 Å². The largest absolute Gasteiger partial charge is 0.454 e. The Morgan fingerprint density at radius 1 is 1.26 bits per heavy atom. The Morgan fingerprint density at radius 3 is 2.74 bits per heavy atom. The molecule has 0 radical (unpaired) electrons. The van der Waals surface area contributed by atoms with Crippen LogP contribution in [0.1, 0.15) is 6.92 Å². The minimum Gasteiger partial charge on any atom is -0.454 e. The Kier molecular flexibility index (Phi) is 2.53. The molecule has 3 rings (SSSR count). The molecule has 1 aromatic heterocycles. The molecule has 19 heavy (non-hydrogen) atoms. The smallest absolute Gasteiger partial charge is 0.423 e. The second-order valence-corrected chi connectivity index (χ2v) is 3.89. The number of benzene rings is 1. The Balaban J connectivity index is 2.38. The van der Waals surface area contributed by atoms with Crippen molar-refractivity contribution >= 4 is 10.9 Å². The Bertz CT molecular complexity index is 834. The van der Waals surface area contributed by atoms with E-state index in [2.05, 4.69) is 16.3 Å². The predicted octanol–water partition coefficient (Wildman–Crippen LogP) is 0.707. The zero-order valence-electron chi connectivity index (χ0n) is 10.1. The first-order chi connectivity index (χ1) is 9.20. The molecule has 0 unspecified atom stereocenters. The molecule has 0 saturated heterocycles. The van der Waals surface area contributed by atoms with Gasteiger partial charge in [0.2, 0.25) is 6.79 Å². The standard InChI is InChI=1S/C13H9NO5/c1-2-3-4-14-9-6-11-10(17-7-18-11)5-8(9)12(15)19-13(14)16/h5-6H,4,7H2,1H3. The van der Waals surface area contributed by atoms with Crippen LogP contribution in [-0.4, -0.2) is 11.4 Å². The maximum absolute atomic E-state index is 11.7. The van der Waals surface area contributed by atoms with Gasteiger partial charge in [-0.25, -0.2) is 9.59 Å². The van der Waals surface area contributed by atoms with E-state index in [0.717, 1.165) is 0 Å². The van der Waals surface area contributed by atoms with Gasteiger partial charge in [0.1, 0.15) is 0 Å². The number of aromatic nitrogens is 1. The fourth-order valence-electron chi connectivity index (χ4n) is 1.91. The zero-order valence-corrected chi connectivity index (χ0v) is 10.1. The summed E-state index contributed by atoms with van der Waals surface area (Å²) < 4.78 is 16.4. The van der Waals surface area contributed by atoms with Crippen LogP contribution in [0.15, 0.2) is 26.1 Å². The predicted molar refractivity (Wildman–Crippen MR) is 66.3 cm³/mol. The average Bonchev–Trinajstić information content (AvgIpc) is 2.84. The van der Waals surface area contributed by atoms with E-state index < -0.39 is 11.4 Å². The number of fused-ring (bicyclic) bond motifs is 2. The van der Waals surface area contributed by atoms with E-state index in [9.17, 15) is 9.59 Å². The van der Waals surface area contributed by atoms with E-state index in [0.29, 0.717) is 17.0 Å². The molecule has 6 nitrogen and oxygen atoms in total. The van der Waals surface area contributed by atoms with Crippen molar-refractivity contribution in [2.24, 2.45) is 0 Å². The van der Waals surface area contributed by atoms with Gasteiger partial charge < -0.3 is 13.9 Å². The second-order valence-electron chi connectivity index (χ2n) is 3.89. The molecule has 2 heterocycles. The van der Waals surface area contributed by atoms with Gasteiger partial charge in [0.05, 0.1) is 17.4 Å². The fraction of sp³-hybridized carbons (Fsp3) is 0.231. The molecule has 0 aliphatic carbocycles. The van der Waals surface area contributed by atoms with Crippen molar-refractivity contribution in [3.8, 4) is 23.3 Å². The molecule has 0 amide bonds. The number of hydrogen-bond acceptors (Lipinski definition) is 5. The van der Waals surface area contributed by atoms with Gasteiger partial charge in [-0.15, -0.1) is 5.92 Å². The van der Waals surface area contributed by atoms with Crippen LogP contribution >= 0.6 is 0 Å². The molecule has 0 N–H and O–H groups in total. The first-order valence-corrected chi connectivity index (χ1v) is 5.57. The molecule has 0 fully saturated rings. The van der Waals surface area contributed by atoms with Crippen LogP contribution in [-0.2, 0) is 6.54 Å². The van der Waals surface area contributed by atoms with Crippen molar-refractivity contribution in [2.45, 2.75) is 13.5 Å². The lowest BCUT2D eigenvalue weighted by atomic mass is 10.2. The summed E-state index contributed by atoms with van der Waals surface area (Å²) in [4.78, 5) is 23.4. The minimum atomic E-state index is -0.737. The second kappa shape index (κ2) is 4.21. The van der Waals surface area contributed by atoms with Crippen LogP contribution in [0.3, 0.4) is 0 Å². The van der Waals surface area contributed by atoms with Gasteiger partial charge in [0.25, 0.3) is 0 Å². The molecule has 0 saturated carbocycles. The van der Waals surface area contributed by atoms with Crippen molar-refractivity contribution in [1.29, 1.82) is 0 Å². The number of hydrogen-bond donors (Lipinski definition) is 0. The molecule has 2 aromatic rings. The van der Waals surface area contributed by atoms with Crippen LogP contribution < -0.4 is 20.9 Å². The highest BCUT2D eigenvalue weighted by molar-refractivity contribution is 5.82. The van der Waals surface area contributed by atoms with Crippen molar-refractivity contribution in [2.75, 3.05) is 6.79 Å². The summed E-state index contributed by atoms with van der Waals surface area (Å²) in [7, 11) is 0. The quantitative estimate of drug-likeness (QED) is 0.705. The van der Waals surface area contributed by atoms with Crippen LogP contribution in [0.4, 0.5) is 0 Å². The summed E-state index contributed by atoms with van der Waals surface area (Å²) in [6, 6.07) is 3.10. The van der Waals surface area contributed by atoms with Gasteiger partial charge in [-0.1, -0.05) is 5.92 Å².